The quantitative estimate of drug-likeness (QED) is 0.822. The van der Waals surface area contributed by atoms with E-state index in [-0.39, 0.29) is 10.8 Å². The van der Waals surface area contributed by atoms with E-state index in [0.717, 1.165) is 0 Å². The molecule has 0 aliphatic carbocycles. The van der Waals surface area contributed by atoms with E-state index in [0.29, 0.717) is 48.1 Å². The average molecular weight is 377 g/mol. The SMILES string of the molecule is O=C1Nc2ccc(S(=O)(=O)N3CCOCC3)cc2/C1=C\c1nccs1. The van der Waals surface area contributed by atoms with E-state index in [1.165, 1.54) is 21.7 Å². The Bertz CT molecular complexity index is 946. The molecule has 9 heteroatoms. The van der Waals surface area contributed by atoms with E-state index in [9.17, 15) is 13.2 Å². The number of sulfonamides is 1. The Morgan fingerprint density at radius 3 is 2.80 bits per heavy atom. The van der Waals surface area contributed by atoms with E-state index in [1.807, 2.05) is 5.38 Å². The Morgan fingerprint density at radius 2 is 2.08 bits per heavy atom. The van der Waals surface area contributed by atoms with Gasteiger partial charge in [0.25, 0.3) is 5.91 Å². The van der Waals surface area contributed by atoms with Crippen LogP contribution in [0, 0.1) is 0 Å². The van der Waals surface area contributed by atoms with Gasteiger partial charge in [-0.2, -0.15) is 4.31 Å². The van der Waals surface area contributed by atoms with Crippen LogP contribution in [-0.2, 0) is 19.6 Å². The molecule has 25 heavy (non-hydrogen) atoms. The van der Waals surface area contributed by atoms with Gasteiger partial charge in [-0.1, -0.05) is 0 Å². The molecule has 2 aliphatic rings. The van der Waals surface area contributed by atoms with Crippen LogP contribution in [0.1, 0.15) is 10.6 Å². The minimum atomic E-state index is -3.61. The number of aromatic nitrogens is 1. The van der Waals surface area contributed by atoms with Crippen molar-refractivity contribution < 1.29 is 17.9 Å². The van der Waals surface area contributed by atoms with Crippen molar-refractivity contribution in [3.05, 3.63) is 40.3 Å². The minimum Gasteiger partial charge on any atom is -0.379 e. The summed E-state index contributed by atoms with van der Waals surface area (Å²) >= 11 is 1.41. The summed E-state index contributed by atoms with van der Waals surface area (Å²) in [6.07, 6.45) is 3.33. The molecule has 0 spiro atoms. The van der Waals surface area contributed by atoms with Crippen LogP contribution in [0.25, 0.3) is 11.6 Å². The van der Waals surface area contributed by atoms with Crippen LogP contribution in [0.5, 0.6) is 0 Å². The highest BCUT2D eigenvalue weighted by Crippen LogP contribution is 2.35. The monoisotopic (exact) mass is 377 g/mol. The maximum atomic E-state index is 12.8. The second-order valence-corrected chi connectivity index (χ2v) is 8.47. The normalized spacial score (nSPS) is 19.8. The zero-order chi connectivity index (χ0) is 17.4. The average Bonchev–Trinajstić information content (AvgIpc) is 3.24. The first-order valence-electron chi connectivity index (χ1n) is 7.70. The summed E-state index contributed by atoms with van der Waals surface area (Å²) in [5, 5.41) is 5.27. The number of fused-ring (bicyclic) bond motifs is 1. The van der Waals surface area contributed by atoms with Gasteiger partial charge in [-0.15, -0.1) is 11.3 Å². The Morgan fingerprint density at radius 1 is 1.28 bits per heavy atom. The third-order valence-corrected chi connectivity index (χ3v) is 6.72. The van der Waals surface area contributed by atoms with Crippen LogP contribution in [0.15, 0.2) is 34.7 Å². The van der Waals surface area contributed by atoms with Gasteiger partial charge in [0.05, 0.1) is 23.7 Å². The Kier molecular flexibility index (Phi) is 4.16. The summed E-state index contributed by atoms with van der Waals surface area (Å²) in [5.41, 5.74) is 1.60. The van der Waals surface area contributed by atoms with E-state index < -0.39 is 10.0 Å². The highest BCUT2D eigenvalue weighted by atomic mass is 32.2. The molecule has 1 saturated heterocycles. The number of carbonyl (C=O) groups is 1. The molecule has 3 heterocycles. The van der Waals surface area contributed by atoms with Crippen molar-refractivity contribution in [2.45, 2.75) is 4.90 Å². The molecule has 2 aliphatic heterocycles. The van der Waals surface area contributed by atoms with Crippen LogP contribution in [-0.4, -0.2) is 49.9 Å². The number of hydrogen-bond donors (Lipinski definition) is 1. The van der Waals surface area contributed by atoms with Crippen LogP contribution < -0.4 is 5.32 Å². The molecule has 1 aromatic carbocycles. The number of benzene rings is 1. The lowest BCUT2D eigenvalue weighted by Gasteiger charge is -2.26. The van der Waals surface area contributed by atoms with Crippen LogP contribution >= 0.6 is 11.3 Å². The van der Waals surface area contributed by atoms with Crippen molar-refractivity contribution in [1.29, 1.82) is 0 Å². The van der Waals surface area contributed by atoms with Crippen LogP contribution in [0.2, 0.25) is 0 Å². The number of amides is 1. The van der Waals surface area contributed by atoms with Gasteiger partial charge in [0.1, 0.15) is 5.01 Å². The van der Waals surface area contributed by atoms with Gasteiger partial charge >= 0.3 is 0 Å². The summed E-state index contributed by atoms with van der Waals surface area (Å²) in [5.74, 6) is -0.258. The smallest absolute Gasteiger partial charge is 0.256 e. The maximum Gasteiger partial charge on any atom is 0.256 e. The van der Waals surface area contributed by atoms with Gasteiger partial charge < -0.3 is 10.1 Å². The number of rotatable bonds is 3. The number of carbonyl (C=O) groups excluding carboxylic acids is 1. The minimum absolute atomic E-state index is 0.176. The second kappa shape index (κ2) is 6.34. The number of morpholine rings is 1. The predicted octanol–water partition coefficient (Wildman–Crippen LogP) is 1.66. The molecule has 2 aromatic rings. The molecule has 1 fully saturated rings. The van der Waals surface area contributed by atoms with Crippen molar-refractivity contribution in [3.63, 3.8) is 0 Å². The lowest BCUT2D eigenvalue weighted by atomic mass is 10.1. The summed E-state index contributed by atoms with van der Waals surface area (Å²) < 4.78 is 32.3. The van der Waals surface area contributed by atoms with Gasteiger partial charge in [-0.05, 0) is 24.3 Å². The number of hydrogen-bond acceptors (Lipinski definition) is 6. The van der Waals surface area contributed by atoms with Crippen molar-refractivity contribution in [3.8, 4) is 0 Å². The number of thiazole rings is 1. The van der Waals surface area contributed by atoms with Gasteiger partial charge in [0.15, 0.2) is 0 Å². The zero-order valence-corrected chi connectivity index (χ0v) is 14.8. The number of ether oxygens (including phenoxy) is 1. The number of anilines is 1. The molecule has 0 atom stereocenters. The van der Waals surface area contributed by atoms with Gasteiger partial charge in [-0.3, -0.25) is 4.79 Å². The molecule has 0 bridgehead atoms. The fourth-order valence-corrected chi connectivity index (χ4v) is 4.84. The highest BCUT2D eigenvalue weighted by molar-refractivity contribution is 7.89. The molecular formula is C16H15N3O4S2. The lowest BCUT2D eigenvalue weighted by Crippen LogP contribution is -2.40. The maximum absolute atomic E-state index is 12.8. The van der Waals surface area contributed by atoms with E-state index >= 15 is 0 Å². The molecule has 1 amide bonds. The molecule has 0 unspecified atom stereocenters. The van der Waals surface area contributed by atoms with E-state index in [4.69, 9.17) is 4.74 Å². The molecule has 0 saturated carbocycles. The van der Waals surface area contributed by atoms with Crippen LogP contribution in [0.4, 0.5) is 5.69 Å². The highest BCUT2D eigenvalue weighted by Gasteiger charge is 2.30. The molecule has 0 radical (unpaired) electrons. The molecule has 7 nitrogen and oxygen atoms in total. The molecule has 1 aromatic heterocycles. The Balaban J connectivity index is 1.75. The summed E-state index contributed by atoms with van der Waals surface area (Å²) in [4.78, 5) is 16.6. The molecule has 130 valence electrons. The van der Waals surface area contributed by atoms with E-state index in [2.05, 4.69) is 10.3 Å². The third-order valence-electron chi connectivity index (χ3n) is 4.10. The van der Waals surface area contributed by atoms with Gasteiger partial charge in [-0.25, -0.2) is 13.4 Å². The van der Waals surface area contributed by atoms with Crippen molar-refractivity contribution in [1.82, 2.24) is 9.29 Å². The predicted molar refractivity (Wildman–Crippen MR) is 94.6 cm³/mol. The topological polar surface area (TPSA) is 88.6 Å². The summed E-state index contributed by atoms with van der Waals surface area (Å²) in [7, 11) is -3.61. The zero-order valence-electron chi connectivity index (χ0n) is 13.1. The molecule has 1 N–H and O–H groups in total. The van der Waals surface area contributed by atoms with Crippen LogP contribution in [0.3, 0.4) is 0 Å². The second-order valence-electron chi connectivity index (χ2n) is 5.61. The first-order chi connectivity index (χ1) is 12.1. The van der Waals surface area contributed by atoms with E-state index in [1.54, 1.807) is 24.4 Å². The largest absolute Gasteiger partial charge is 0.379 e. The molecule has 4 rings (SSSR count). The van der Waals surface area contributed by atoms with Crippen molar-refractivity contribution >= 4 is 44.6 Å². The first kappa shape index (κ1) is 16.4. The number of nitrogens with zero attached hydrogens (tertiary/aromatic N) is 2. The van der Waals surface area contributed by atoms with Crippen molar-refractivity contribution in [2.75, 3.05) is 31.6 Å². The lowest BCUT2D eigenvalue weighted by molar-refractivity contribution is -0.110. The summed E-state index contributed by atoms with van der Waals surface area (Å²) in [6, 6.07) is 4.71. The molecular weight excluding hydrogens is 362 g/mol. The third kappa shape index (κ3) is 2.99. The fraction of sp³-hybridized carbons (Fsp3) is 0.250. The number of nitrogens with one attached hydrogen (secondary N) is 1. The van der Waals surface area contributed by atoms with Gasteiger partial charge in [0.2, 0.25) is 10.0 Å². The van der Waals surface area contributed by atoms with Crippen molar-refractivity contribution in [2.24, 2.45) is 0 Å². The first-order valence-corrected chi connectivity index (χ1v) is 10.0. The standard InChI is InChI=1S/C16H15N3O4S2/c20-16-13(10-15-17-3-8-24-15)12-9-11(1-2-14(12)18-16)25(21,22)19-4-6-23-7-5-19/h1-3,8-10H,4-7H2,(H,18,20)/b13-10+. The Labute approximate surface area is 149 Å². The van der Waals surface area contributed by atoms with Gasteiger partial charge in [0, 0.05) is 35.9 Å². The Hall–Kier alpha value is -2.07. The fourth-order valence-electron chi connectivity index (χ4n) is 2.84. The summed E-state index contributed by atoms with van der Waals surface area (Å²) in [6.45, 7) is 1.44.